The third-order valence-corrected chi connectivity index (χ3v) is 10.2. The quantitative estimate of drug-likeness (QED) is 0.107. The highest BCUT2D eigenvalue weighted by Gasteiger charge is 2.18. The second-order valence-electron chi connectivity index (χ2n) is 12.9. The summed E-state index contributed by atoms with van der Waals surface area (Å²) in [5.41, 5.74) is 10.0. The van der Waals surface area contributed by atoms with Crippen molar-refractivity contribution in [3.63, 3.8) is 0 Å². The molecule has 0 bridgehead atoms. The molecular weight excluding hydrogens is 623 g/mol. The monoisotopic (exact) mass is 669 g/mol. The predicted molar refractivity (Wildman–Crippen MR) is 223 cm³/mol. The maximum atomic E-state index is 4.65. The Morgan fingerprint density at radius 3 is 1.80 bits per heavy atom. The summed E-state index contributed by atoms with van der Waals surface area (Å²) in [6, 6.07) is 45.2. The van der Waals surface area contributed by atoms with Crippen LogP contribution in [0.15, 0.2) is 126 Å². The van der Waals surface area contributed by atoms with Crippen molar-refractivity contribution >= 4 is 62.2 Å². The van der Waals surface area contributed by atoms with E-state index in [0.717, 1.165) is 39.3 Å². The first-order valence-corrected chi connectivity index (χ1v) is 18.4. The van der Waals surface area contributed by atoms with E-state index in [0.29, 0.717) is 0 Å². The third-order valence-electron chi connectivity index (χ3n) is 10.2. The van der Waals surface area contributed by atoms with Crippen LogP contribution in [0.3, 0.4) is 0 Å². The maximum absolute atomic E-state index is 4.65. The Balaban J connectivity index is 0.000000749. The molecule has 0 aliphatic carbocycles. The molecule has 8 rings (SSSR count). The van der Waals surface area contributed by atoms with Crippen molar-refractivity contribution in [2.45, 2.75) is 27.7 Å². The molecule has 0 spiro atoms. The summed E-state index contributed by atoms with van der Waals surface area (Å²) in [7, 11) is 0. The summed E-state index contributed by atoms with van der Waals surface area (Å²) >= 11 is 0. The summed E-state index contributed by atoms with van der Waals surface area (Å²) in [6.45, 7) is 14.5. The number of aliphatic imine (C=N–C) groups is 1. The van der Waals surface area contributed by atoms with Gasteiger partial charge in [0.25, 0.3) is 0 Å². The average Bonchev–Trinajstić information content (AvgIpc) is 3.79. The Hall–Kier alpha value is -5.61. The normalized spacial score (nSPS) is 12.5. The Bertz CT molecular complexity index is 2260. The van der Waals surface area contributed by atoms with Gasteiger partial charge >= 0.3 is 0 Å². The zero-order chi connectivity index (χ0) is 35.2. The molecule has 51 heavy (non-hydrogen) atoms. The minimum Gasteiger partial charge on any atom is -0.482 e. The van der Waals surface area contributed by atoms with Gasteiger partial charge in [0.2, 0.25) is 0 Å². The van der Waals surface area contributed by atoms with Crippen molar-refractivity contribution in [1.82, 2.24) is 0 Å². The SMILES string of the molecule is C1=NCCO1.CCN(CC)c1ccc(C=Cc2cc(-c3ccccc3)c3ccc4cccc5c(-c6ccc(N(CC)CC)cc6)cc2c3c45)cc1. The highest BCUT2D eigenvalue weighted by molar-refractivity contribution is 6.29. The van der Waals surface area contributed by atoms with Gasteiger partial charge in [-0.3, -0.25) is 4.99 Å². The molecule has 0 saturated heterocycles. The molecule has 1 heterocycles. The van der Waals surface area contributed by atoms with Gasteiger partial charge in [-0.1, -0.05) is 97.1 Å². The minimum absolute atomic E-state index is 0.778. The number of ether oxygens (including phenoxy) is 1. The van der Waals surface area contributed by atoms with E-state index in [1.807, 2.05) is 0 Å². The number of benzene rings is 7. The Morgan fingerprint density at radius 1 is 0.569 bits per heavy atom. The van der Waals surface area contributed by atoms with E-state index in [1.165, 1.54) is 83.5 Å². The van der Waals surface area contributed by atoms with Crippen molar-refractivity contribution in [2.75, 3.05) is 49.1 Å². The number of hydrogen-bond donors (Lipinski definition) is 0. The van der Waals surface area contributed by atoms with Crippen molar-refractivity contribution in [2.24, 2.45) is 4.99 Å². The van der Waals surface area contributed by atoms with Crippen LogP contribution in [0.5, 0.6) is 0 Å². The third kappa shape index (κ3) is 6.92. The molecule has 4 heteroatoms. The molecule has 1 aliphatic heterocycles. The van der Waals surface area contributed by atoms with Crippen LogP contribution in [0.1, 0.15) is 38.8 Å². The van der Waals surface area contributed by atoms with Gasteiger partial charge in [0.1, 0.15) is 6.61 Å². The van der Waals surface area contributed by atoms with E-state index < -0.39 is 0 Å². The van der Waals surface area contributed by atoms with Crippen molar-refractivity contribution < 1.29 is 4.74 Å². The molecule has 0 N–H and O–H groups in total. The summed E-state index contributed by atoms with van der Waals surface area (Å²) in [6.07, 6.45) is 6.07. The topological polar surface area (TPSA) is 28.1 Å². The molecule has 0 atom stereocenters. The fourth-order valence-corrected chi connectivity index (χ4v) is 7.45. The molecule has 0 fully saturated rings. The van der Waals surface area contributed by atoms with E-state index in [1.54, 1.807) is 0 Å². The van der Waals surface area contributed by atoms with Crippen LogP contribution in [0.4, 0.5) is 11.4 Å². The number of hydrogen-bond acceptors (Lipinski definition) is 4. The van der Waals surface area contributed by atoms with E-state index in [4.69, 9.17) is 0 Å². The molecule has 0 radical (unpaired) electrons. The summed E-state index contributed by atoms with van der Waals surface area (Å²) < 4.78 is 4.65. The van der Waals surface area contributed by atoms with Crippen LogP contribution >= 0.6 is 0 Å². The molecule has 0 amide bonds. The van der Waals surface area contributed by atoms with Crippen molar-refractivity contribution in [3.05, 3.63) is 132 Å². The summed E-state index contributed by atoms with van der Waals surface area (Å²) in [5, 5.41) is 7.86. The largest absolute Gasteiger partial charge is 0.482 e. The van der Waals surface area contributed by atoms with Crippen LogP contribution in [0, 0.1) is 0 Å². The number of nitrogens with zero attached hydrogens (tertiary/aromatic N) is 3. The van der Waals surface area contributed by atoms with Crippen LogP contribution in [0.2, 0.25) is 0 Å². The van der Waals surface area contributed by atoms with Gasteiger partial charge in [-0.25, -0.2) is 0 Å². The molecular formula is C47H47N3O. The van der Waals surface area contributed by atoms with Gasteiger partial charge in [-0.2, -0.15) is 0 Å². The first kappa shape index (κ1) is 33.9. The zero-order valence-electron chi connectivity index (χ0n) is 30.3. The van der Waals surface area contributed by atoms with E-state index in [2.05, 4.69) is 181 Å². The van der Waals surface area contributed by atoms with E-state index in [9.17, 15) is 0 Å². The van der Waals surface area contributed by atoms with Crippen molar-refractivity contribution in [1.29, 1.82) is 0 Å². The maximum Gasteiger partial charge on any atom is 0.169 e. The molecule has 4 nitrogen and oxygen atoms in total. The summed E-state index contributed by atoms with van der Waals surface area (Å²) in [4.78, 5) is 8.52. The lowest BCUT2D eigenvalue weighted by Crippen LogP contribution is -2.21. The molecule has 0 aromatic heterocycles. The highest BCUT2D eigenvalue weighted by Crippen LogP contribution is 2.45. The molecule has 7 aromatic carbocycles. The van der Waals surface area contributed by atoms with Gasteiger partial charge in [0.15, 0.2) is 6.40 Å². The second-order valence-corrected chi connectivity index (χ2v) is 12.9. The van der Waals surface area contributed by atoms with Crippen LogP contribution in [0.25, 0.3) is 66.7 Å². The van der Waals surface area contributed by atoms with E-state index >= 15 is 0 Å². The lowest BCUT2D eigenvalue weighted by atomic mass is 9.84. The molecule has 7 aromatic rings. The molecule has 1 aliphatic rings. The van der Waals surface area contributed by atoms with Gasteiger partial charge in [0, 0.05) is 37.6 Å². The first-order chi connectivity index (χ1) is 25.1. The predicted octanol–water partition coefficient (Wildman–Crippen LogP) is 11.8. The van der Waals surface area contributed by atoms with Crippen LogP contribution < -0.4 is 9.80 Å². The minimum atomic E-state index is 0.778. The van der Waals surface area contributed by atoms with Crippen LogP contribution in [-0.2, 0) is 4.74 Å². The molecule has 256 valence electrons. The standard InChI is InChI=1S/C44H42N2.C3H5NO/c1-5-45(6-2)36-24-18-31(19-25-36)17-20-35-29-40(32-13-10-9-11-14-32)39-28-23-34-15-12-16-38-41(30-42(35)44(39)43(34)38)33-21-26-37(27-22-33)46(7-3)8-4;1-2-5-3-4-1/h9-30H,5-8H2,1-4H3;3H,1-2H2. The Labute approximate surface area is 302 Å². The Morgan fingerprint density at radius 2 is 1.20 bits per heavy atom. The molecule has 0 unspecified atom stereocenters. The van der Waals surface area contributed by atoms with Crippen molar-refractivity contribution in [3.8, 4) is 22.3 Å². The second kappa shape index (κ2) is 15.5. The zero-order valence-corrected chi connectivity index (χ0v) is 30.3. The average molecular weight is 670 g/mol. The first-order valence-electron chi connectivity index (χ1n) is 18.4. The van der Waals surface area contributed by atoms with Crippen LogP contribution in [-0.4, -0.2) is 45.7 Å². The highest BCUT2D eigenvalue weighted by atomic mass is 16.5. The fraction of sp³-hybridized carbons (Fsp3) is 0.213. The number of rotatable bonds is 10. The van der Waals surface area contributed by atoms with Gasteiger partial charge < -0.3 is 14.5 Å². The fourth-order valence-electron chi connectivity index (χ4n) is 7.45. The van der Waals surface area contributed by atoms with Gasteiger partial charge in [-0.15, -0.1) is 0 Å². The Kier molecular flexibility index (Phi) is 10.3. The number of anilines is 2. The van der Waals surface area contributed by atoms with Gasteiger partial charge in [0.05, 0.1) is 6.54 Å². The smallest absolute Gasteiger partial charge is 0.169 e. The summed E-state index contributed by atoms with van der Waals surface area (Å²) in [5.74, 6) is 0. The van der Waals surface area contributed by atoms with Gasteiger partial charge in [-0.05, 0) is 130 Å². The molecule has 0 saturated carbocycles. The van der Waals surface area contributed by atoms with E-state index in [-0.39, 0.29) is 0 Å². The lowest BCUT2D eigenvalue weighted by Gasteiger charge is -2.22. The lowest BCUT2D eigenvalue weighted by molar-refractivity contribution is 0.361.